The van der Waals surface area contributed by atoms with Gasteiger partial charge in [-0.15, -0.1) is 11.3 Å². The molecule has 35 heavy (non-hydrogen) atoms. The lowest BCUT2D eigenvalue weighted by Crippen LogP contribution is -2.32. The number of hydrogen-bond acceptors (Lipinski definition) is 5. The van der Waals surface area contributed by atoms with Crippen molar-refractivity contribution in [1.29, 1.82) is 0 Å². The van der Waals surface area contributed by atoms with Crippen LogP contribution in [-0.4, -0.2) is 47.7 Å². The van der Waals surface area contributed by atoms with Gasteiger partial charge in [0.15, 0.2) is 0 Å². The number of aryl methyl sites for hydroxylation is 1. The summed E-state index contributed by atoms with van der Waals surface area (Å²) in [5.41, 5.74) is 1.38. The number of likely N-dealkylation sites (tertiary alicyclic amines) is 1. The molecule has 2 aromatic rings. The first-order chi connectivity index (χ1) is 17.0. The van der Waals surface area contributed by atoms with Crippen LogP contribution in [0.25, 0.3) is 0 Å². The zero-order valence-electron chi connectivity index (χ0n) is 20.6. The number of methoxy groups -OCH3 is 1. The molecule has 3 rings (SSSR count). The normalized spacial score (nSPS) is 17.3. The summed E-state index contributed by atoms with van der Waals surface area (Å²) in [6.45, 7) is 2.41. The van der Waals surface area contributed by atoms with Gasteiger partial charge in [0.2, 0.25) is 5.91 Å². The molecule has 0 aliphatic carbocycles. The zero-order valence-corrected chi connectivity index (χ0v) is 21.4. The van der Waals surface area contributed by atoms with E-state index in [9.17, 15) is 14.7 Å². The molecule has 1 N–H and O–H groups in total. The van der Waals surface area contributed by atoms with E-state index in [1.54, 1.807) is 17.0 Å². The molecular weight excluding hydrogens is 458 g/mol. The first-order valence-corrected chi connectivity index (χ1v) is 13.2. The lowest BCUT2D eigenvalue weighted by Gasteiger charge is -2.21. The minimum absolute atomic E-state index is 0.0431. The van der Waals surface area contributed by atoms with Crippen molar-refractivity contribution in [3.05, 3.63) is 69.9 Å². The second-order valence-corrected chi connectivity index (χ2v) is 10.1. The van der Waals surface area contributed by atoms with Gasteiger partial charge in [-0.2, -0.15) is 0 Å². The third-order valence-electron chi connectivity index (χ3n) is 6.41. The van der Waals surface area contributed by atoms with Crippen LogP contribution in [0.3, 0.4) is 0 Å². The molecule has 1 amide bonds. The van der Waals surface area contributed by atoms with Crippen LogP contribution in [-0.2, 0) is 16.0 Å². The fourth-order valence-corrected chi connectivity index (χ4v) is 5.01. The SMILES string of the molecule is COC(=O)c1ccc(C#CCN2C(=O)CC[C@@H]2C=C[C@@H](O)[C@@H](C)CCCCCc2ccccc2)s1. The van der Waals surface area contributed by atoms with Crippen molar-refractivity contribution in [2.24, 2.45) is 5.92 Å². The number of carbonyl (C=O) groups excluding carboxylic acids is 2. The molecule has 3 atom stereocenters. The van der Waals surface area contributed by atoms with Crippen molar-refractivity contribution in [3.63, 3.8) is 0 Å². The predicted molar refractivity (Wildman–Crippen MR) is 140 cm³/mol. The number of hydrogen-bond donors (Lipinski definition) is 1. The first kappa shape index (κ1) is 26.7. The fraction of sp³-hybridized carbons (Fsp3) is 0.448. The smallest absolute Gasteiger partial charge is 0.348 e. The number of nitrogens with zero attached hydrogens (tertiary/aromatic N) is 1. The Morgan fingerprint density at radius 1 is 1.23 bits per heavy atom. The standard InChI is InChI=1S/C29H35NO4S/c1-22(10-5-3-6-11-23-12-7-4-8-13-23)26(31)18-15-24-16-20-28(32)30(24)21-9-14-25-17-19-27(35-25)29(33)34-2/h4,7-8,12-13,15,17-19,22,24,26,31H,3,5-6,10-11,16,20-21H2,1-2H3/t22-,24-,26+/m0/s1. The number of benzene rings is 1. The van der Waals surface area contributed by atoms with Crippen LogP contribution < -0.4 is 0 Å². The highest BCUT2D eigenvalue weighted by molar-refractivity contribution is 7.14. The van der Waals surface area contributed by atoms with Crippen LogP contribution in [0.2, 0.25) is 0 Å². The van der Waals surface area contributed by atoms with Crippen LogP contribution in [0.15, 0.2) is 54.6 Å². The van der Waals surface area contributed by atoms with Crippen molar-refractivity contribution in [1.82, 2.24) is 4.90 Å². The molecule has 6 heteroatoms. The van der Waals surface area contributed by atoms with Gasteiger partial charge in [-0.25, -0.2) is 4.79 Å². The molecule has 2 heterocycles. The average Bonchev–Trinajstić information content (AvgIpc) is 3.49. The van der Waals surface area contributed by atoms with Gasteiger partial charge in [0.25, 0.3) is 0 Å². The number of aliphatic hydroxyl groups is 1. The number of aliphatic hydroxyl groups excluding tert-OH is 1. The average molecular weight is 494 g/mol. The molecule has 0 spiro atoms. The third kappa shape index (κ3) is 8.38. The summed E-state index contributed by atoms with van der Waals surface area (Å²) in [5.74, 6) is 5.97. The zero-order chi connectivity index (χ0) is 25.0. The number of esters is 1. The van der Waals surface area contributed by atoms with Crippen LogP contribution in [0.5, 0.6) is 0 Å². The summed E-state index contributed by atoms with van der Waals surface area (Å²) < 4.78 is 4.72. The van der Waals surface area contributed by atoms with E-state index < -0.39 is 6.10 Å². The number of ether oxygens (including phenoxy) is 1. The second-order valence-electron chi connectivity index (χ2n) is 9.02. The monoisotopic (exact) mass is 493 g/mol. The van der Waals surface area contributed by atoms with Gasteiger partial charge in [0.05, 0.1) is 30.7 Å². The number of carbonyl (C=O) groups is 2. The molecule has 0 saturated carbocycles. The minimum Gasteiger partial charge on any atom is -0.465 e. The summed E-state index contributed by atoms with van der Waals surface area (Å²) in [7, 11) is 1.35. The van der Waals surface area contributed by atoms with Crippen molar-refractivity contribution in [2.45, 2.75) is 64.0 Å². The van der Waals surface area contributed by atoms with E-state index in [0.717, 1.165) is 37.0 Å². The molecule has 1 saturated heterocycles. The van der Waals surface area contributed by atoms with Gasteiger partial charge in [0, 0.05) is 6.42 Å². The Labute approximate surface area is 212 Å². The van der Waals surface area contributed by atoms with E-state index in [4.69, 9.17) is 4.74 Å². The lowest BCUT2D eigenvalue weighted by atomic mass is 9.95. The van der Waals surface area contributed by atoms with Gasteiger partial charge in [0.1, 0.15) is 4.88 Å². The van der Waals surface area contributed by atoms with E-state index in [0.29, 0.717) is 17.8 Å². The molecule has 186 valence electrons. The predicted octanol–water partition coefficient (Wildman–Crippen LogP) is 5.23. The molecule has 1 aliphatic heterocycles. The number of amides is 1. The molecule has 1 aliphatic rings. The van der Waals surface area contributed by atoms with E-state index in [1.165, 1.54) is 30.4 Å². The largest absolute Gasteiger partial charge is 0.465 e. The summed E-state index contributed by atoms with van der Waals surface area (Å²) in [6.07, 6.45) is 10.0. The molecular formula is C29H35NO4S. The maximum atomic E-state index is 12.3. The van der Waals surface area contributed by atoms with Crippen molar-refractivity contribution in [2.75, 3.05) is 13.7 Å². The first-order valence-electron chi connectivity index (χ1n) is 12.3. The van der Waals surface area contributed by atoms with E-state index >= 15 is 0 Å². The molecule has 1 aromatic carbocycles. The topological polar surface area (TPSA) is 66.8 Å². The van der Waals surface area contributed by atoms with Gasteiger partial charge >= 0.3 is 5.97 Å². The van der Waals surface area contributed by atoms with Crippen LogP contribution in [0.4, 0.5) is 0 Å². The van der Waals surface area contributed by atoms with Crippen LogP contribution in [0, 0.1) is 17.8 Å². The number of unbranched alkanes of at least 4 members (excludes halogenated alkanes) is 2. The van der Waals surface area contributed by atoms with E-state index in [2.05, 4.69) is 43.0 Å². The Morgan fingerprint density at radius 3 is 2.80 bits per heavy atom. The van der Waals surface area contributed by atoms with Gasteiger partial charge < -0.3 is 14.7 Å². The highest BCUT2D eigenvalue weighted by Crippen LogP contribution is 2.22. The van der Waals surface area contributed by atoms with Gasteiger partial charge in [-0.05, 0) is 49.3 Å². The minimum atomic E-state index is -0.518. The van der Waals surface area contributed by atoms with Crippen molar-refractivity contribution >= 4 is 23.2 Å². The van der Waals surface area contributed by atoms with Crippen molar-refractivity contribution < 1.29 is 19.4 Å². The third-order valence-corrected chi connectivity index (χ3v) is 7.39. The molecule has 0 unspecified atom stereocenters. The van der Waals surface area contributed by atoms with Crippen LogP contribution >= 0.6 is 11.3 Å². The number of rotatable bonds is 11. The molecule has 0 bridgehead atoms. The fourth-order valence-electron chi connectivity index (χ4n) is 4.21. The van der Waals surface area contributed by atoms with E-state index in [1.807, 2.05) is 18.2 Å². The second kappa shape index (κ2) is 13.9. The van der Waals surface area contributed by atoms with Crippen LogP contribution in [0.1, 0.15) is 65.6 Å². The molecule has 5 nitrogen and oxygen atoms in total. The summed E-state index contributed by atoms with van der Waals surface area (Å²) in [4.78, 5) is 26.9. The molecule has 1 fully saturated rings. The molecule has 1 aromatic heterocycles. The Morgan fingerprint density at radius 2 is 2.03 bits per heavy atom. The maximum Gasteiger partial charge on any atom is 0.348 e. The van der Waals surface area contributed by atoms with E-state index in [-0.39, 0.29) is 23.8 Å². The summed E-state index contributed by atoms with van der Waals surface area (Å²) >= 11 is 1.28. The Bertz CT molecular complexity index is 1050. The molecule has 0 radical (unpaired) electrons. The Balaban J connectivity index is 1.42. The van der Waals surface area contributed by atoms with Gasteiger partial charge in [-0.3, -0.25) is 4.79 Å². The summed E-state index contributed by atoms with van der Waals surface area (Å²) in [5, 5.41) is 10.6. The lowest BCUT2D eigenvalue weighted by molar-refractivity contribution is -0.127. The highest BCUT2D eigenvalue weighted by Gasteiger charge is 2.28. The summed E-state index contributed by atoms with van der Waals surface area (Å²) in [6, 6.07) is 14.0. The number of thiophene rings is 1. The van der Waals surface area contributed by atoms with Crippen molar-refractivity contribution in [3.8, 4) is 11.8 Å². The maximum absolute atomic E-state index is 12.3. The Kier molecular flexibility index (Phi) is 10.6. The Hall–Kier alpha value is -2.88. The highest BCUT2D eigenvalue weighted by atomic mass is 32.1. The quantitative estimate of drug-likeness (QED) is 0.201. The van der Waals surface area contributed by atoms with Gasteiger partial charge in [-0.1, -0.05) is 74.1 Å².